The number of piperazine rings is 1. The molecule has 160 valence electrons. The highest BCUT2D eigenvalue weighted by Crippen LogP contribution is 2.23. The second-order valence-electron chi connectivity index (χ2n) is 7.25. The molecule has 3 heterocycles. The van der Waals surface area contributed by atoms with Crippen LogP contribution in [0, 0.1) is 13.8 Å². The Morgan fingerprint density at radius 2 is 1.73 bits per heavy atom. The smallest absolute Gasteiger partial charge is 0.406 e. The Kier molecular flexibility index (Phi) is 5.14. The first-order chi connectivity index (χ1) is 14.2. The lowest BCUT2D eigenvalue weighted by molar-refractivity contribution is -0.274. The maximum Gasteiger partial charge on any atom is 0.573 e. The fourth-order valence-corrected chi connectivity index (χ4v) is 3.67. The van der Waals surface area contributed by atoms with Crippen molar-refractivity contribution in [2.75, 3.05) is 31.1 Å². The number of nitrogens with one attached hydrogen (secondary N) is 1. The molecule has 0 saturated carbocycles. The van der Waals surface area contributed by atoms with Crippen LogP contribution in [0.3, 0.4) is 0 Å². The number of anilines is 1. The molecular weight excluding hydrogens is 401 g/mol. The highest BCUT2D eigenvalue weighted by atomic mass is 19.4. The Hall–Kier alpha value is -3.08. The first-order valence-electron chi connectivity index (χ1n) is 9.47. The average Bonchev–Trinajstić information content (AvgIpc) is 3.04. The van der Waals surface area contributed by atoms with Crippen molar-refractivity contribution in [3.05, 3.63) is 51.7 Å². The average molecular weight is 422 g/mol. The molecule has 1 saturated heterocycles. The van der Waals surface area contributed by atoms with Crippen molar-refractivity contribution in [1.82, 2.24) is 24.5 Å². The van der Waals surface area contributed by atoms with Gasteiger partial charge in [-0.1, -0.05) is 12.1 Å². The summed E-state index contributed by atoms with van der Waals surface area (Å²) in [7, 11) is 0. The van der Waals surface area contributed by atoms with Gasteiger partial charge in [0.1, 0.15) is 17.3 Å². The van der Waals surface area contributed by atoms with Crippen LogP contribution in [0.2, 0.25) is 0 Å². The SMILES string of the molecule is Cc1nc2nc(C)c(N3CCN(Cc4ccc(OC(F)(F)F)cc4)CC3)c(=O)n2[nH]1. The normalized spacial score (nSPS) is 15.7. The van der Waals surface area contributed by atoms with Gasteiger partial charge in [0.25, 0.3) is 11.3 Å². The number of H-pyrrole nitrogens is 1. The minimum atomic E-state index is -4.69. The summed E-state index contributed by atoms with van der Waals surface area (Å²) in [6.45, 7) is 6.89. The van der Waals surface area contributed by atoms with E-state index in [9.17, 15) is 18.0 Å². The van der Waals surface area contributed by atoms with Crippen molar-refractivity contribution in [3.63, 3.8) is 0 Å². The van der Waals surface area contributed by atoms with Crippen LogP contribution >= 0.6 is 0 Å². The summed E-state index contributed by atoms with van der Waals surface area (Å²) in [5.41, 5.74) is 1.92. The fourth-order valence-electron chi connectivity index (χ4n) is 3.67. The van der Waals surface area contributed by atoms with Gasteiger partial charge in [-0.25, -0.2) is 4.98 Å². The van der Waals surface area contributed by atoms with Gasteiger partial charge in [-0.2, -0.15) is 9.50 Å². The number of halogens is 3. The number of fused-ring (bicyclic) bond motifs is 1. The van der Waals surface area contributed by atoms with Crippen LogP contribution < -0.4 is 15.2 Å². The van der Waals surface area contributed by atoms with Gasteiger partial charge in [-0.05, 0) is 31.5 Å². The largest absolute Gasteiger partial charge is 0.573 e. The molecule has 1 N–H and O–H groups in total. The molecule has 1 aromatic carbocycles. The summed E-state index contributed by atoms with van der Waals surface area (Å²) < 4.78 is 42.1. The number of aryl methyl sites for hydroxylation is 2. The quantitative estimate of drug-likeness (QED) is 0.695. The lowest BCUT2D eigenvalue weighted by atomic mass is 10.2. The van der Waals surface area contributed by atoms with Crippen LogP contribution in [0.4, 0.5) is 18.9 Å². The number of ether oxygens (including phenoxy) is 1. The maximum atomic E-state index is 12.9. The van der Waals surface area contributed by atoms with Crippen LogP contribution in [0.25, 0.3) is 5.78 Å². The molecule has 8 nitrogen and oxygen atoms in total. The zero-order chi connectivity index (χ0) is 21.5. The van der Waals surface area contributed by atoms with Crippen LogP contribution in [-0.2, 0) is 6.54 Å². The third kappa shape index (κ3) is 4.25. The van der Waals surface area contributed by atoms with E-state index in [1.165, 1.54) is 16.6 Å². The molecular formula is C19H21F3N6O2. The van der Waals surface area contributed by atoms with Gasteiger partial charge in [0.05, 0.1) is 5.69 Å². The zero-order valence-corrected chi connectivity index (χ0v) is 16.5. The minimum absolute atomic E-state index is 0.174. The van der Waals surface area contributed by atoms with E-state index in [0.29, 0.717) is 55.7 Å². The van der Waals surface area contributed by atoms with E-state index in [-0.39, 0.29) is 11.3 Å². The third-order valence-corrected chi connectivity index (χ3v) is 5.01. The summed E-state index contributed by atoms with van der Waals surface area (Å²) in [5, 5.41) is 2.91. The van der Waals surface area contributed by atoms with E-state index in [0.717, 1.165) is 5.56 Å². The van der Waals surface area contributed by atoms with E-state index in [1.807, 2.05) is 4.90 Å². The summed E-state index contributed by atoms with van der Waals surface area (Å²) in [6, 6.07) is 5.89. The van der Waals surface area contributed by atoms with Crippen molar-refractivity contribution >= 4 is 11.5 Å². The molecule has 11 heteroatoms. The fraction of sp³-hybridized carbons (Fsp3) is 0.421. The molecule has 4 rings (SSSR count). The van der Waals surface area contributed by atoms with Gasteiger partial charge < -0.3 is 9.64 Å². The molecule has 3 aromatic rings. The number of aromatic amines is 1. The molecule has 30 heavy (non-hydrogen) atoms. The summed E-state index contributed by atoms with van der Waals surface area (Å²) in [4.78, 5) is 25.7. The molecule has 0 aliphatic carbocycles. The number of hydrogen-bond acceptors (Lipinski definition) is 6. The van der Waals surface area contributed by atoms with Crippen molar-refractivity contribution in [1.29, 1.82) is 0 Å². The molecule has 0 bridgehead atoms. The van der Waals surface area contributed by atoms with Crippen molar-refractivity contribution < 1.29 is 17.9 Å². The van der Waals surface area contributed by atoms with Gasteiger partial charge >= 0.3 is 6.36 Å². The Balaban J connectivity index is 1.41. The van der Waals surface area contributed by atoms with E-state index >= 15 is 0 Å². The minimum Gasteiger partial charge on any atom is -0.406 e. The molecule has 0 atom stereocenters. The van der Waals surface area contributed by atoms with Crippen LogP contribution in [-0.4, -0.2) is 57.0 Å². The van der Waals surface area contributed by atoms with Gasteiger partial charge in [0.2, 0.25) is 0 Å². The summed E-state index contributed by atoms with van der Waals surface area (Å²) in [5.74, 6) is 0.743. The Morgan fingerprint density at radius 3 is 2.37 bits per heavy atom. The predicted molar refractivity (Wildman–Crippen MR) is 104 cm³/mol. The number of nitrogens with zero attached hydrogens (tertiary/aromatic N) is 5. The Morgan fingerprint density at radius 1 is 1.07 bits per heavy atom. The summed E-state index contributed by atoms with van der Waals surface area (Å²) in [6.07, 6.45) is -4.69. The van der Waals surface area contributed by atoms with E-state index in [2.05, 4.69) is 24.7 Å². The molecule has 1 aliphatic heterocycles. The summed E-state index contributed by atoms with van der Waals surface area (Å²) >= 11 is 0. The molecule has 2 aromatic heterocycles. The molecule has 0 spiro atoms. The monoisotopic (exact) mass is 422 g/mol. The van der Waals surface area contributed by atoms with Crippen LogP contribution in [0.15, 0.2) is 29.1 Å². The van der Waals surface area contributed by atoms with Gasteiger partial charge in [-0.3, -0.25) is 14.8 Å². The highest BCUT2D eigenvalue weighted by Gasteiger charge is 2.31. The topological polar surface area (TPSA) is 78.8 Å². The molecule has 0 unspecified atom stereocenters. The Labute approximate surface area is 169 Å². The Bertz CT molecular complexity index is 1100. The number of hydrogen-bond donors (Lipinski definition) is 1. The first kappa shape index (κ1) is 20.2. The lowest BCUT2D eigenvalue weighted by Gasteiger charge is -2.36. The third-order valence-electron chi connectivity index (χ3n) is 5.01. The van der Waals surface area contributed by atoms with Crippen molar-refractivity contribution in [3.8, 4) is 5.75 Å². The number of benzene rings is 1. The number of aromatic nitrogens is 4. The second-order valence-corrected chi connectivity index (χ2v) is 7.25. The van der Waals surface area contributed by atoms with Gasteiger partial charge in [0, 0.05) is 32.7 Å². The lowest BCUT2D eigenvalue weighted by Crippen LogP contribution is -2.48. The molecule has 0 amide bonds. The van der Waals surface area contributed by atoms with Crippen molar-refractivity contribution in [2.45, 2.75) is 26.8 Å². The second kappa shape index (κ2) is 7.63. The van der Waals surface area contributed by atoms with Crippen molar-refractivity contribution in [2.24, 2.45) is 0 Å². The standard InChI is InChI=1S/C19H21F3N6O2/c1-12-16(17(29)28-18(23-12)24-13(2)25-28)27-9-7-26(8-10-27)11-14-3-5-15(6-4-14)30-19(20,21)22/h3-6H,7-11H2,1-2H3,(H,23,24,25). The highest BCUT2D eigenvalue weighted by molar-refractivity contribution is 5.52. The zero-order valence-electron chi connectivity index (χ0n) is 16.5. The molecule has 1 fully saturated rings. The first-order valence-corrected chi connectivity index (χ1v) is 9.47. The molecule has 1 aliphatic rings. The van der Waals surface area contributed by atoms with Crippen LogP contribution in [0.1, 0.15) is 17.1 Å². The predicted octanol–water partition coefficient (Wildman–Crippen LogP) is 2.26. The van der Waals surface area contributed by atoms with E-state index < -0.39 is 6.36 Å². The van der Waals surface area contributed by atoms with Crippen LogP contribution in [0.5, 0.6) is 5.75 Å². The molecule has 0 radical (unpaired) electrons. The van der Waals surface area contributed by atoms with Gasteiger partial charge in [0.15, 0.2) is 0 Å². The van der Waals surface area contributed by atoms with E-state index in [4.69, 9.17) is 0 Å². The number of rotatable bonds is 4. The van der Waals surface area contributed by atoms with Gasteiger partial charge in [-0.15, -0.1) is 13.2 Å². The number of alkyl halides is 3. The maximum absolute atomic E-state index is 12.9. The van der Waals surface area contributed by atoms with E-state index in [1.54, 1.807) is 26.0 Å².